The van der Waals surface area contributed by atoms with Crippen LogP contribution in [-0.2, 0) is 4.74 Å². The Morgan fingerprint density at radius 1 is 1.38 bits per heavy atom. The van der Waals surface area contributed by atoms with Crippen LogP contribution < -0.4 is 5.32 Å². The molecule has 0 amide bonds. The van der Waals surface area contributed by atoms with E-state index in [1.165, 1.54) is 12.1 Å². The zero-order chi connectivity index (χ0) is 14.8. The molecule has 4 heteroatoms. The molecule has 0 aliphatic carbocycles. The largest absolute Gasteiger partial charge is 0.459 e. The molecule has 1 aliphatic rings. The van der Waals surface area contributed by atoms with Crippen LogP contribution in [0, 0.1) is 11.7 Å². The Morgan fingerprint density at radius 3 is 2.95 bits per heavy atom. The summed E-state index contributed by atoms with van der Waals surface area (Å²) in [4.78, 5) is 0. The van der Waals surface area contributed by atoms with Gasteiger partial charge in [0.25, 0.3) is 0 Å². The van der Waals surface area contributed by atoms with Crippen molar-refractivity contribution in [3.05, 3.63) is 35.8 Å². The van der Waals surface area contributed by atoms with E-state index in [1.807, 2.05) is 6.07 Å². The van der Waals surface area contributed by atoms with Crippen LogP contribution in [0.3, 0.4) is 0 Å². The van der Waals surface area contributed by atoms with E-state index in [2.05, 4.69) is 19.2 Å². The van der Waals surface area contributed by atoms with Crippen molar-refractivity contribution in [1.29, 1.82) is 0 Å². The first-order valence-electron chi connectivity index (χ1n) is 7.71. The highest BCUT2D eigenvalue weighted by molar-refractivity contribution is 5.78. The predicted molar refractivity (Wildman–Crippen MR) is 80.7 cm³/mol. The number of ether oxygens (including phenoxy) is 1. The topological polar surface area (TPSA) is 34.4 Å². The summed E-state index contributed by atoms with van der Waals surface area (Å²) >= 11 is 0. The molecule has 0 saturated carbocycles. The molecule has 114 valence electrons. The zero-order valence-electron chi connectivity index (χ0n) is 12.6. The normalized spacial score (nSPS) is 23.8. The second-order valence-corrected chi connectivity index (χ2v) is 5.90. The van der Waals surface area contributed by atoms with Crippen molar-refractivity contribution >= 4 is 11.0 Å². The minimum absolute atomic E-state index is 0.130. The van der Waals surface area contributed by atoms with Crippen molar-refractivity contribution in [2.24, 2.45) is 5.92 Å². The Bertz CT molecular complexity index is 610. The van der Waals surface area contributed by atoms with E-state index in [0.29, 0.717) is 12.0 Å². The van der Waals surface area contributed by atoms with Crippen LogP contribution in [0.4, 0.5) is 4.39 Å². The third kappa shape index (κ3) is 3.11. The van der Waals surface area contributed by atoms with E-state index < -0.39 is 0 Å². The second-order valence-electron chi connectivity index (χ2n) is 5.90. The molecule has 1 fully saturated rings. The molecular weight excluding hydrogens is 269 g/mol. The van der Waals surface area contributed by atoms with E-state index in [4.69, 9.17) is 9.15 Å². The van der Waals surface area contributed by atoms with Crippen LogP contribution in [0.1, 0.15) is 38.5 Å². The fourth-order valence-corrected chi connectivity index (χ4v) is 3.07. The second kappa shape index (κ2) is 6.16. The smallest absolute Gasteiger partial charge is 0.134 e. The molecule has 3 rings (SSSR count). The number of nitrogens with one attached hydrogen (secondary N) is 1. The lowest BCUT2D eigenvalue weighted by Crippen LogP contribution is -2.29. The van der Waals surface area contributed by atoms with Crippen LogP contribution in [-0.4, -0.2) is 19.3 Å². The van der Waals surface area contributed by atoms with Crippen molar-refractivity contribution in [3.63, 3.8) is 0 Å². The van der Waals surface area contributed by atoms with Gasteiger partial charge in [0.2, 0.25) is 0 Å². The maximum atomic E-state index is 13.3. The van der Waals surface area contributed by atoms with Crippen molar-refractivity contribution in [2.75, 3.05) is 13.2 Å². The molecular formula is C17H22FNO2. The average molecular weight is 291 g/mol. The monoisotopic (exact) mass is 291 g/mol. The molecule has 0 spiro atoms. The van der Waals surface area contributed by atoms with E-state index >= 15 is 0 Å². The van der Waals surface area contributed by atoms with Crippen LogP contribution in [0.5, 0.6) is 0 Å². The molecule has 21 heavy (non-hydrogen) atoms. The lowest BCUT2D eigenvalue weighted by molar-refractivity contribution is 0.116. The van der Waals surface area contributed by atoms with Gasteiger partial charge in [0, 0.05) is 11.3 Å². The van der Waals surface area contributed by atoms with Gasteiger partial charge in [0.1, 0.15) is 17.2 Å². The third-order valence-electron chi connectivity index (χ3n) is 4.12. The molecule has 3 unspecified atom stereocenters. The number of halogens is 1. The summed E-state index contributed by atoms with van der Waals surface area (Å²) in [5, 5.41) is 4.38. The Kier molecular flexibility index (Phi) is 4.27. The minimum Gasteiger partial charge on any atom is -0.459 e. The van der Waals surface area contributed by atoms with Gasteiger partial charge in [-0.25, -0.2) is 4.39 Å². The van der Waals surface area contributed by atoms with Gasteiger partial charge in [-0.1, -0.05) is 6.92 Å². The van der Waals surface area contributed by atoms with Crippen molar-refractivity contribution < 1.29 is 13.5 Å². The quantitative estimate of drug-likeness (QED) is 0.903. The fraction of sp³-hybridized carbons (Fsp3) is 0.529. The summed E-state index contributed by atoms with van der Waals surface area (Å²) in [6, 6.07) is 6.73. The number of fused-ring (bicyclic) bond motifs is 1. The minimum atomic E-state index is -0.231. The first-order chi connectivity index (χ1) is 10.2. The Hall–Kier alpha value is -1.39. The average Bonchev–Trinajstić information content (AvgIpc) is 3.05. The molecule has 3 nitrogen and oxygen atoms in total. The maximum absolute atomic E-state index is 13.3. The summed E-state index contributed by atoms with van der Waals surface area (Å²) in [6.45, 7) is 5.92. The van der Waals surface area contributed by atoms with Crippen LogP contribution in [0.15, 0.2) is 28.7 Å². The molecule has 0 bridgehead atoms. The third-order valence-corrected chi connectivity index (χ3v) is 4.12. The maximum Gasteiger partial charge on any atom is 0.134 e. The van der Waals surface area contributed by atoms with Gasteiger partial charge in [-0.2, -0.15) is 0 Å². The van der Waals surface area contributed by atoms with E-state index in [1.54, 1.807) is 6.07 Å². The lowest BCUT2D eigenvalue weighted by Gasteiger charge is -2.21. The van der Waals surface area contributed by atoms with E-state index in [-0.39, 0.29) is 11.9 Å². The lowest BCUT2D eigenvalue weighted by atomic mass is 9.94. The van der Waals surface area contributed by atoms with Gasteiger partial charge in [0.15, 0.2) is 0 Å². The molecule has 1 aromatic heterocycles. The highest BCUT2D eigenvalue weighted by Gasteiger charge is 2.32. The van der Waals surface area contributed by atoms with Gasteiger partial charge in [-0.05, 0) is 50.6 Å². The molecule has 1 N–H and O–H groups in total. The summed E-state index contributed by atoms with van der Waals surface area (Å²) in [5.74, 6) is 1.05. The SMILES string of the molecule is CCCNC(c1cc2cc(F)ccc2o1)C1COC(C)C1. The summed E-state index contributed by atoms with van der Waals surface area (Å²) in [6.07, 6.45) is 2.38. The molecule has 3 atom stereocenters. The zero-order valence-corrected chi connectivity index (χ0v) is 12.6. The Morgan fingerprint density at radius 2 is 2.24 bits per heavy atom. The highest BCUT2D eigenvalue weighted by Crippen LogP contribution is 2.34. The molecule has 0 radical (unpaired) electrons. The van der Waals surface area contributed by atoms with E-state index in [0.717, 1.165) is 42.7 Å². The summed E-state index contributed by atoms with van der Waals surface area (Å²) < 4.78 is 25.0. The van der Waals surface area contributed by atoms with Crippen LogP contribution >= 0.6 is 0 Å². The van der Waals surface area contributed by atoms with E-state index in [9.17, 15) is 4.39 Å². The fourth-order valence-electron chi connectivity index (χ4n) is 3.07. The number of hydrogen-bond acceptors (Lipinski definition) is 3. The standard InChI is InChI=1S/C17H22FNO2/c1-3-6-19-17(13-7-11(2)20-10-13)16-9-12-8-14(18)4-5-15(12)21-16/h4-5,8-9,11,13,17,19H,3,6-7,10H2,1-2H3. The first kappa shape index (κ1) is 14.5. The van der Waals surface area contributed by atoms with Gasteiger partial charge in [-0.15, -0.1) is 0 Å². The van der Waals surface area contributed by atoms with Crippen molar-refractivity contribution in [2.45, 2.75) is 38.8 Å². The van der Waals surface area contributed by atoms with Gasteiger partial charge in [-0.3, -0.25) is 0 Å². The number of rotatable bonds is 5. The van der Waals surface area contributed by atoms with Gasteiger partial charge < -0.3 is 14.5 Å². The predicted octanol–water partition coefficient (Wildman–Crippen LogP) is 4.04. The molecule has 1 saturated heterocycles. The van der Waals surface area contributed by atoms with Crippen LogP contribution in [0.25, 0.3) is 11.0 Å². The highest BCUT2D eigenvalue weighted by atomic mass is 19.1. The summed E-state index contributed by atoms with van der Waals surface area (Å²) in [7, 11) is 0. The number of furan rings is 1. The number of hydrogen-bond donors (Lipinski definition) is 1. The van der Waals surface area contributed by atoms with Gasteiger partial charge in [0.05, 0.1) is 18.8 Å². The molecule has 1 aliphatic heterocycles. The Balaban J connectivity index is 1.89. The number of benzene rings is 1. The van der Waals surface area contributed by atoms with Crippen molar-refractivity contribution in [3.8, 4) is 0 Å². The van der Waals surface area contributed by atoms with Crippen LogP contribution in [0.2, 0.25) is 0 Å². The van der Waals surface area contributed by atoms with Gasteiger partial charge >= 0.3 is 0 Å². The van der Waals surface area contributed by atoms with Crippen molar-refractivity contribution in [1.82, 2.24) is 5.32 Å². The first-order valence-corrected chi connectivity index (χ1v) is 7.71. The molecule has 1 aromatic carbocycles. The molecule has 2 aromatic rings. The summed E-state index contributed by atoms with van der Waals surface area (Å²) in [5.41, 5.74) is 0.738. The molecule has 2 heterocycles. The Labute approximate surface area is 124 Å².